The summed E-state index contributed by atoms with van der Waals surface area (Å²) < 4.78 is 37.9. The molecule has 2 N–H and O–H groups in total. The number of nitrogens with two attached hydrogens (primary N) is 1. The van der Waals surface area contributed by atoms with E-state index in [9.17, 15) is 28.1 Å². The second kappa shape index (κ2) is 7.33. The van der Waals surface area contributed by atoms with Gasteiger partial charge < -0.3 is 15.5 Å². The molecule has 0 saturated carbocycles. The van der Waals surface area contributed by atoms with E-state index in [1.165, 1.54) is 23.1 Å². The molecule has 2 heterocycles. The van der Waals surface area contributed by atoms with Crippen LogP contribution >= 0.6 is 0 Å². The number of aromatic nitrogens is 1. The van der Waals surface area contributed by atoms with Gasteiger partial charge in [0.05, 0.1) is 10.5 Å². The Hall–Kier alpha value is -3.37. The van der Waals surface area contributed by atoms with E-state index < -0.39 is 16.7 Å². The number of nitrogen functional groups attached to an aromatic ring is 1. The van der Waals surface area contributed by atoms with E-state index in [2.05, 4.69) is 4.98 Å². The topological polar surface area (TPSA) is 106 Å². The predicted molar refractivity (Wildman–Crippen MR) is 94.9 cm³/mol. The first-order valence-electron chi connectivity index (χ1n) is 8.28. The number of alkyl halides is 3. The maximum Gasteiger partial charge on any atom is 0.417 e. The number of benzene rings is 1. The first-order chi connectivity index (χ1) is 13.2. The standard InChI is InChI=1S/C17H16F3N5O3/c18-17(19,20)12-2-4-15(22-10-12)23-5-7-24(8-6-23)16(26)11-1-3-13(21)14(9-11)25(27)28/h1-4,9-10H,5-8,21H2. The number of nitro benzene ring substituents is 1. The Balaban J connectivity index is 1.66. The van der Waals surface area contributed by atoms with Gasteiger partial charge in [-0.25, -0.2) is 4.98 Å². The van der Waals surface area contributed by atoms with Gasteiger partial charge in [-0.1, -0.05) is 0 Å². The highest BCUT2D eigenvalue weighted by atomic mass is 19.4. The molecule has 0 atom stereocenters. The van der Waals surface area contributed by atoms with Crippen molar-refractivity contribution in [3.8, 4) is 0 Å². The Kier molecular flexibility index (Phi) is 5.08. The number of pyridine rings is 1. The lowest BCUT2D eigenvalue weighted by atomic mass is 10.1. The van der Waals surface area contributed by atoms with Crippen LogP contribution in [0.25, 0.3) is 0 Å². The Morgan fingerprint density at radius 1 is 1.14 bits per heavy atom. The summed E-state index contributed by atoms with van der Waals surface area (Å²) in [6.45, 7) is 1.36. The third-order valence-electron chi connectivity index (χ3n) is 4.44. The molecule has 1 aliphatic heterocycles. The number of hydrogen-bond donors (Lipinski definition) is 1. The normalized spacial score (nSPS) is 14.8. The lowest BCUT2D eigenvalue weighted by molar-refractivity contribution is -0.383. The number of rotatable bonds is 3. The number of carbonyl (C=O) groups excluding carboxylic acids is 1. The van der Waals surface area contributed by atoms with Gasteiger partial charge >= 0.3 is 6.18 Å². The third kappa shape index (κ3) is 3.97. The number of amides is 1. The highest BCUT2D eigenvalue weighted by Gasteiger charge is 2.31. The Morgan fingerprint density at radius 2 is 1.82 bits per heavy atom. The molecule has 3 rings (SSSR count). The molecule has 2 aromatic rings. The van der Waals surface area contributed by atoms with Gasteiger partial charge in [0.1, 0.15) is 11.5 Å². The van der Waals surface area contributed by atoms with Crippen LogP contribution in [-0.2, 0) is 6.18 Å². The lowest BCUT2D eigenvalue weighted by Gasteiger charge is -2.35. The maximum atomic E-state index is 12.6. The van der Waals surface area contributed by atoms with Crippen LogP contribution < -0.4 is 10.6 Å². The highest BCUT2D eigenvalue weighted by molar-refractivity contribution is 5.95. The Labute approximate surface area is 157 Å². The summed E-state index contributed by atoms with van der Waals surface area (Å²) in [6.07, 6.45) is -3.67. The van der Waals surface area contributed by atoms with Gasteiger partial charge in [-0.3, -0.25) is 14.9 Å². The Morgan fingerprint density at radius 3 is 2.36 bits per heavy atom. The predicted octanol–water partition coefficient (Wildman–Crippen LogP) is 2.55. The lowest BCUT2D eigenvalue weighted by Crippen LogP contribution is -2.49. The van der Waals surface area contributed by atoms with Gasteiger partial charge in [-0.15, -0.1) is 0 Å². The van der Waals surface area contributed by atoms with Crippen LogP contribution in [0.3, 0.4) is 0 Å². The first-order valence-corrected chi connectivity index (χ1v) is 8.28. The zero-order chi connectivity index (χ0) is 20.5. The molecule has 28 heavy (non-hydrogen) atoms. The second-order valence-electron chi connectivity index (χ2n) is 6.21. The average Bonchev–Trinajstić information content (AvgIpc) is 2.67. The molecular weight excluding hydrogens is 379 g/mol. The number of carbonyl (C=O) groups is 1. The summed E-state index contributed by atoms with van der Waals surface area (Å²) in [5.41, 5.74) is 4.51. The van der Waals surface area contributed by atoms with Crippen LogP contribution in [0.15, 0.2) is 36.5 Å². The molecule has 8 nitrogen and oxygen atoms in total. The summed E-state index contributed by atoms with van der Waals surface area (Å²) in [6, 6.07) is 6.14. The molecule has 1 aromatic heterocycles. The number of hydrogen-bond acceptors (Lipinski definition) is 6. The van der Waals surface area contributed by atoms with Crippen molar-refractivity contribution >= 4 is 23.1 Å². The molecule has 1 aromatic carbocycles. The number of anilines is 2. The van der Waals surface area contributed by atoms with Crippen molar-refractivity contribution in [1.82, 2.24) is 9.88 Å². The van der Waals surface area contributed by atoms with E-state index >= 15 is 0 Å². The van der Waals surface area contributed by atoms with Crippen LogP contribution in [0.2, 0.25) is 0 Å². The molecule has 0 spiro atoms. The fraction of sp³-hybridized carbons (Fsp3) is 0.294. The maximum absolute atomic E-state index is 12.6. The first kappa shape index (κ1) is 19.4. The van der Waals surface area contributed by atoms with Crippen LogP contribution in [-0.4, -0.2) is 46.9 Å². The minimum Gasteiger partial charge on any atom is -0.393 e. The molecule has 148 valence electrons. The van der Waals surface area contributed by atoms with E-state index in [1.807, 2.05) is 0 Å². The van der Waals surface area contributed by atoms with Crippen LogP contribution in [0, 0.1) is 10.1 Å². The van der Waals surface area contributed by atoms with Crippen LogP contribution in [0.4, 0.5) is 30.4 Å². The molecule has 0 bridgehead atoms. The smallest absolute Gasteiger partial charge is 0.393 e. The summed E-state index contributed by atoms with van der Waals surface area (Å²) in [5, 5.41) is 11.0. The van der Waals surface area contributed by atoms with Gasteiger partial charge in [0.25, 0.3) is 11.6 Å². The van der Waals surface area contributed by atoms with Crippen molar-refractivity contribution < 1.29 is 22.9 Å². The van der Waals surface area contributed by atoms with Crippen LogP contribution in [0.5, 0.6) is 0 Å². The number of nitrogens with zero attached hydrogens (tertiary/aromatic N) is 4. The quantitative estimate of drug-likeness (QED) is 0.486. The number of nitro groups is 1. The second-order valence-corrected chi connectivity index (χ2v) is 6.21. The molecule has 11 heteroatoms. The summed E-state index contributed by atoms with van der Waals surface area (Å²) in [4.78, 5) is 30.1. The van der Waals surface area contributed by atoms with Crippen molar-refractivity contribution in [2.24, 2.45) is 0 Å². The fourth-order valence-corrected chi connectivity index (χ4v) is 2.90. The molecular formula is C17H16F3N5O3. The van der Waals surface area contributed by atoms with Gasteiger partial charge in [0, 0.05) is 44.0 Å². The molecule has 0 radical (unpaired) electrons. The minimum absolute atomic E-state index is 0.0280. The van der Waals surface area contributed by atoms with Crippen molar-refractivity contribution in [3.05, 3.63) is 57.8 Å². The summed E-state index contributed by atoms with van der Waals surface area (Å²) in [5.74, 6) is 0.0198. The van der Waals surface area contributed by atoms with Crippen LogP contribution in [0.1, 0.15) is 15.9 Å². The molecule has 0 aliphatic carbocycles. The monoisotopic (exact) mass is 395 g/mol. The summed E-state index contributed by atoms with van der Waals surface area (Å²) in [7, 11) is 0. The van der Waals surface area contributed by atoms with E-state index in [-0.39, 0.29) is 22.8 Å². The highest BCUT2D eigenvalue weighted by Crippen LogP contribution is 2.29. The van der Waals surface area contributed by atoms with Gasteiger partial charge in [-0.05, 0) is 24.3 Å². The van der Waals surface area contributed by atoms with Gasteiger partial charge in [0.15, 0.2) is 0 Å². The zero-order valence-electron chi connectivity index (χ0n) is 14.5. The molecule has 1 saturated heterocycles. The van der Waals surface area contributed by atoms with E-state index in [0.717, 1.165) is 18.3 Å². The number of halogens is 3. The minimum atomic E-state index is -4.45. The average molecular weight is 395 g/mol. The van der Waals surface area contributed by atoms with Crippen molar-refractivity contribution in [3.63, 3.8) is 0 Å². The molecule has 0 unspecified atom stereocenters. The summed E-state index contributed by atoms with van der Waals surface area (Å²) >= 11 is 0. The molecule has 1 amide bonds. The van der Waals surface area contributed by atoms with E-state index in [1.54, 1.807) is 4.90 Å². The van der Waals surface area contributed by atoms with E-state index in [4.69, 9.17) is 5.73 Å². The van der Waals surface area contributed by atoms with Crippen molar-refractivity contribution in [2.45, 2.75) is 6.18 Å². The van der Waals surface area contributed by atoms with Crippen molar-refractivity contribution in [1.29, 1.82) is 0 Å². The largest absolute Gasteiger partial charge is 0.417 e. The third-order valence-corrected chi connectivity index (χ3v) is 4.44. The van der Waals surface area contributed by atoms with E-state index in [0.29, 0.717) is 32.0 Å². The Bertz CT molecular complexity index is 894. The van der Waals surface area contributed by atoms with Gasteiger partial charge in [0.2, 0.25) is 0 Å². The van der Waals surface area contributed by atoms with Gasteiger partial charge in [-0.2, -0.15) is 13.2 Å². The SMILES string of the molecule is Nc1ccc(C(=O)N2CCN(c3ccc(C(F)(F)F)cn3)CC2)cc1[N+](=O)[O-]. The fourth-order valence-electron chi connectivity index (χ4n) is 2.90. The zero-order valence-corrected chi connectivity index (χ0v) is 14.5. The molecule has 1 fully saturated rings. The molecule has 1 aliphatic rings. The van der Waals surface area contributed by atoms with Crippen molar-refractivity contribution in [2.75, 3.05) is 36.8 Å². The number of piperazine rings is 1.